The molecule has 0 aliphatic carbocycles. The summed E-state index contributed by atoms with van der Waals surface area (Å²) in [7, 11) is 0. The summed E-state index contributed by atoms with van der Waals surface area (Å²) in [6, 6.07) is 11.9. The fourth-order valence-electron chi connectivity index (χ4n) is 2.12. The minimum absolute atomic E-state index is 0.252. The predicted molar refractivity (Wildman–Crippen MR) is 77.0 cm³/mol. The van der Waals surface area contributed by atoms with E-state index in [4.69, 9.17) is 0 Å². The molecule has 2 rings (SSSR count). The number of hydrogen-bond acceptors (Lipinski definition) is 3. The second kappa shape index (κ2) is 6.34. The molecule has 1 aromatic carbocycles. The Kier molecular flexibility index (Phi) is 4.53. The average molecular weight is 256 g/mol. The van der Waals surface area contributed by atoms with Crippen molar-refractivity contribution in [1.29, 1.82) is 0 Å². The van der Waals surface area contributed by atoms with Crippen molar-refractivity contribution < 1.29 is 5.11 Å². The number of hydrogen-bond donors (Lipinski definition) is 2. The number of pyridine rings is 1. The van der Waals surface area contributed by atoms with Gasteiger partial charge in [-0.15, -0.1) is 0 Å². The summed E-state index contributed by atoms with van der Waals surface area (Å²) in [4.78, 5) is 4.33. The van der Waals surface area contributed by atoms with E-state index in [-0.39, 0.29) is 5.75 Å². The van der Waals surface area contributed by atoms with E-state index in [1.807, 2.05) is 13.0 Å². The molecule has 0 unspecified atom stereocenters. The lowest BCUT2D eigenvalue weighted by Crippen LogP contribution is -2.15. The van der Waals surface area contributed by atoms with Crippen molar-refractivity contribution in [2.24, 2.45) is 0 Å². The van der Waals surface area contributed by atoms with Crippen molar-refractivity contribution >= 4 is 0 Å². The summed E-state index contributed by atoms with van der Waals surface area (Å²) in [5.74, 6) is 0.252. The Morgan fingerprint density at radius 3 is 2.53 bits per heavy atom. The van der Waals surface area contributed by atoms with Crippen LogP contribution in [0.4, 0.5) is 0 Å². The van der Waals surface area contributed by atoms with Crippen LogP contribution in [0.5, 0.6) is 5.75 Å². The number of benzene rings is 1. The van der Waals surface area contributed by atoms with Gasteiger partial charge in [0.2, 0.25) is 0 Å². The molecule has 1 aromatic heterocycles. The smallest absolute Gasteiger partial charge is 0.138 e. The van der Waals surface area contributed by atoms with Crippen LogP contribution >= 0.6 is 0 Å². The molecule has 2 N–H and O–H groups in total. The highest BCUT2D eigenvalue weighted by Crippen LogP contribution is 2.15. The van der Waals surface area contributed by atoms with Gasteiger partial charge in [0, 0.05) is 18.8 Å². The highest BCUT2D eigenvalue weighted by atomic mass is 16.3. The number of aryl methyl sites for hydroxylation is 2. The first-order valence-electron chi connectivity index (χ1n) is 6.63. The van der Waals surface area contributed by atoms with Crippen LogP contribution < -0.4 is 5.32 Å². The Morgan fingerprint density at radius 2 is 1.79 bits per heavy atom. The van der Waals surface area contributed by atoms with Crippen LogP contribution in [-0.4, -0.2) is 10.1 Å². The van der Waals surface area contributed by atoms with Crippen molar-refractivity contribution in [3.63, 3.8) is 0 Å². The molecule has 0 atom stereocenters. The lowest BCUT2D eigenvalue weighted by Gasteiger charge is -2.10. The Bertz CT molecular complexity index is 552. The monoisotopic (exact) mass is 256 g/mol. The van der Waals surface area contributed by atoms with Crippen molar-refractivity contribution in [2.45, 2.75) is 33.4 Å². The average Bonchev–Trinajstić information content (AvgIpc) is 2.43. The van der Waals surface area contributed by atoms with Crippen LogP contribution in [0.1, 0.15) is 29.4 Å². The van der Waals surface area contributed by atoms with Crippen molar-refractivity contribution in [3.8, 4) is 5.75 Å². The van der Waals surface area contributed by atoms with E-state index < -0.39 is 0 Å². The van der Waals surface area contributed by atoms with Gasteiger partial charge in [0.05, 0.1) is 5.69 Å². The molecule has 100 valence electrons. The second-order valence-electron chi connectivity index (χ2n) is 4.64. The molecule has 0 bridgehead atoms. The number of aromatic nitrogens is 1. The Labute approximate surface area is 114 Å². The maximum absolute atomic E-state index is 9.73. The van der Waals surface area contributed by atoms with E-state index in [9.17, 15) is 5.11 Å². The molecule has 0 saturated carbocycles. The van der Waals surface area contributed by atoms with Crippen LogP contribution in [0.3, 0.4) is 0 Å². The SMILES string of the molecule is CCc1ccccc1CNCc1nc(C)ccc1O. The molecule has 0 aliphatic rings. The molecule has 0 spiro atoms. The van der Waals surface area contributed by atoms with E-state index in [2.05, 4.69) is 41.5 Å². The van der Waals surface area contributed by atoms with Crippen molar-refractivity contribution in [2.75, 3.05) is 0 Å². The summed E-state index contributed by atoms with van der Waals surface area (Å²) in [5, 5.41) is 13.1. The number of rotatable bonds is 5. The molecule has 0 fully saturated rings. The van der Waals surface area contributed by atoms with Gasteiger partial charge in [0.25, 0.3) is 0 Å². The lowest BCUT2D eigenvalue weighted by atomic mass is 10.1. The fourth-order valence-corrected chi connectivity index (χ4v) is 2.12. The third-order valence-electron chi connectivity index (χ3n) is 3.20. The largest absolute Gasteiger partial charge is 0.506 e. The molecule has 19 heavy (non-hydrogen) atoms. The summed E-state index contributed by atoms with van der Waals surface area (Å²) < 4.78 is 0. The maximum Gasteiger partial charge on any atom is 0.138 e. The van der Waals surface area contributed by atoms with Gasteiger partial charge in [-0.25, -0.2) is 0 Å². The highest BCUT2D eigenvalue weighted by Gasteiger charge is 2.04. The molecule has 3 nitrogen and oxygen atoms in total. The van der Waals surface area contributed by atoms with Gasteiger partial charge in [-0.05, 0) is 36.6 Å². The van der Waals surface area contributed by atoms with E-state index >= 15 is 0 Å². The lowest BCUT2D eigenvalue weighted by molar-refractivity contribution is 0.459. The quantitative estimate of drug-likeness (QED) is 0.864. The minimum Gasteiger partial charge on any atom is -0.506 e. The molecule has 0 aliphatic heterocycles. The zero-order valence-corrected chi connectivity index (χ0v) is 11.5. The molecular weight excluding hydrogens is 236 g/mol. The van der Waals surface area contributed by atoms with Crippen molar-refractivity contribution in [3.05, 3.63) is 58.9 Å². The van der Waals surface area contributed by atoms with E-state index in [1.165, 1.54) is 11.1 Å². The van der Waals surface area contributed by atoms with Gasteiger partial charge in [-0.3, -0.25) is 4.98 Å². The molecule has 2 aromatic rings. The summed E-state index contributed by atoms with van der Waals surface area (Å²) in [5.41, 5.74) is 4.28. The van der Waals surface area contributed by atoms with Crippen LogP contribution in [0.2, 0.25) is 0 Å². The highest BCUT2D eigenvalue weighted by molar-refractivity contribution is 5.29. The zero-order valence-electron chi connectivity index (χ0n) is 11.5. The standard InChI is InChI=1S/C16H20N2O/c1-3-13-6-4-5-7-14(13)10-17-11-15-16(19)9-8-12(2)18-15/h4-9,17,19H,3,10-11H2,1-2H3. The summed E-state index contributed by atoms with van der Waals surface area (Å²) in [6.45, 7) is 5.45. The van der Waals surface area contributed by atoms with Crippen LogP contribution in [0, 0.1) is 6.92 Å². The van der Waals surface area contributed by atoms with Gasteiger partial charge in [0.15, 0.2) is 0 Å². The van der Waals surface area contributed by atoms with E-state index in [1.54, 1.807) is 6.07 Å². The van der Waals surface area contributed by atoms with Crippen LogP contribution in [-0.2, 0) is 19.5 Å². The Hall–Kier alpha value is -1.87. The first-order chi connectivity index (χ1) is 9.20. The van der Waals surface area contributed by atoms with Gasteiger partial charge < -0.3 is 10.4 Å². The molecular formula is C16H20N2O. The molecule has 1 heterocycles. The number of nitrogens with zero attached hydrogens (tertiary/aromatic N) is 1. The van der Waals surface area contributed by atoms with Gasteiger partial charge in [-0.2, -0.15) is 0 Å². The van der Waals surface area contributed by atoms with Crippen LogP contribution in [0.15, 0.2) is 36.4 Å². The predicted octanol–water partition coefficient (Wildman–Crippen LogP) is 2.95. The molecule has 0 radical (unpaired) electrons. The normalized spacial score (nSPS) is 10.6. The first-order valence-corrected chi connectivity index (χ1v) is 6.63. The maximum atomic E-state index is 9.73. The topological polar surface area (TPSA) is 45.2 Å². The van der Waals surface area contributed by atoms with E-state index in [0.717, 1.165) is 18.7 Å². The third-order valence-corrected chi connectivity index (χ3v) is 3.20. The van der Waals surface area contributed by atoms with Gasteiger partial charge in [0.1, 0.15) is 5.75 Å². The Balaban J connectivity index is 1.98. The van der Waals surface area contributed by atoms with Gasteiger partial charge in [-0.1, -0.05) is 31.2 Å². The molecule has 3 heteroatoms. The second-order valence-corrected chi connectivity index (χ2v) is 4.64. The molecule has 0 amide bonds. The van der Waals surface area contributed by atoms with Crippen molar-refractivity contribution in [1.82, 2.24) is 10.3 Å². The molecule has 0 saturated heterocycles. The summed E-state index contributed by atoms with van der Waals surface area (Å²) >= 11 is 0. The number of aromatic hydroxyl groups is 1. The summed E-state index contributed by atoms with van der Waals surface area (Å²) in [6.07, 6.45) is 1.03. The zero-order chi connectivity index (χ0) is 13.7. The number of nitrogens with one attached hydrogen (secondary N) is 1. The Morgan fingerprint density at radius 1 is 1.05 bits per heavy atom. The van der Waals surface area contributed by atoms with Gasteiger partial charge >= 0.3 is 0 Å². The third kappa shape index (κ3) is 3.55. The minimum atomic E-state index is 0.252. The fraction of sp³-hybridized carbons (Fsp3) is 0.312. The first kappa shape index (κ1) is 13.6. The van der Waals surface area contributed by atoms with Crippen LogP contribution in [0.25, 0.3) is 0 Å². The van der Waals surface area contributed by atoms with E-state index in [0.29, 0.717) is 12.2 Å².